The van der Waals surface area contributed by atoms with E-state index in [1.165, 1.54) is 19.2 Å². The molecule has 0 saturated heterocycles. The summed E-state index contributed by atoms with van der Waals surface area (Å²) in [6, 6.07) is 3.11. The third-order valence-electron chi connectivity index (χ3n) is 6.63. The first-order valence-electron chi connectivity index (χ1n) is 12.8. The predicted molar refractivity (Wildman–Crippen MR) is 142 cm³/mol. The number of ether oxygens (including phenoxy) is 2. The maximum absolute atomic E-state index is 14.8. The van der Waals surface area contributed by atoms with Crippen molar-refractivity contribution in [3.63, 3.8) is 0 Å². The van der Waals surface area contributed by atoms with E-state index < -0.39 is 41.2 Å². The molecular weight excluding hydrogens is 549 g/mol. The summed E-state index contributed by atoms with van der Waals surface area (Å²) in [6.07, 6.45) is 2.57. The highest BCUT2D eigenvalue weighted by molar-refractivity contribution is 6.31. The number of aromatic nitrogens is 1. The number of amidine groups is 1. The fourth-order valence-electron chi connectivity index (χ4n) is 4.88. The molecule has 2 aromatic rings. The van der Waals surface area contributed by atoms with Crippen molar-refractivity contribution in [2.24, 2.45) is 10.9 Å². The van der Waals surface area contributed by atoms with E-state index in [1.807, 2.05) is 0 Å². The van der Waals surface area contributed by atoms with Crippen LogP contribution in [0.3, 0.4) is 0 Å². The van der Waals surface area contributed by atoms with Crippen molar-refractivity contribution in [2.75, 3.05) is 7.11 Å². The van der Waals surface area contributed by atoms with Gasteiger partial charge in [0.15, 0.2) is 11.7 Å². The summed E-state index contributed by atoms with van der Waals surface area (Å²) in [5.74, 6) is -3.39. The molecule has 1 aliphatic heterocycles. The van der Waals surface area contributed by atoms with Gasteiger partial charge in [-0.05, 0) is 64.5 Å². The number of carbonyl (C=O) groups excluding carboxylic acids is 2. The van der Waals surface area contributed by atoms with Gasteiger partial charge in [-0.25, -0.2) is 27.7 Å². The van der Waals surface area contributed by atoms with E-state index in [-0.39, 0.29) is 34.1 Å². The molecule has 2 heterocycles. The summed E-state index contributed by atoms with van der Waals surface area (Å²) >= 11 is 6.37. The minimum Gasteiger partial charge on any atom is -0.466 e. The summed E-state index contributed by atoms with van der Waals surface area (Å²) in [7, 11) is 1.22. The van der Waals surface area contributed by atoms with Gasteiger partial charge in [-0.2, -0.15) is 0 Å². The van der Waals surface area contributed by atoms with Gasteiger partial charge in [-0.3, -0.25) is 4.99 Å². The molecule has 214 valence electrons. The Balaban J connectivity index is 1.71. The van der Waals surface area contributed by atoms with Gasteiger partial charge in [0, 0.05) is 28.4 Å². The quantitative estimate of drug-likeness (QED) is 0.438. The largest absolute Gasteiger partial charge is 0.466 e. The molecule has 1 amide bonds. The SMILES string of the molecule is COC(=O)C1=C([C@H]2CC[C@@H](NC(=O)OC(C)(C)C)CC2)NC(c2ncc(F)cc2F)=NC1c1ccc(F)cc1Cl. The Bertz CT molecular complexity index is 1370. The van der Waals surface area contributed by atoms with Crippen LogP contribution in [-0.4, -0.2) is 41.6 Å². The molecule has 2 aliphatic rings. The number of amides is 1. The maximum atomic E-state index is 14.8. The highest BCUT2D eigenvalue weighted by Crippen LogP contribution is 2.41. The van der Waals surface area contributed by atoms with Gasteiger partial charge in [0.2, 0.25) is 0 Å². The fourth-order valence-corrected chi connectivity index (χ4v) is 5.15. The van der Waals surface area contributed by atoms with Crippen LogP contribution in [-0.2, 0) is 14.3 Å². The summed E-state index contributed by atoms with van der Waals surface area (Å²) in [6.45, 7) is 5.34. The Morgan fingerprint density at radius 1 is 1.07 bits per heavy atom. The number of nitrogens with zero attached hydrogens (tertiary/aromatic N) is 2. The number of carbonyl (C=O) groups is 2. The molecule has 1 aromatic carbocycles. The molecule has 12 heteroatoms. The first-order valence-corrected chi connectivity index (χ1v) is 13.2. The number of allylic oxidation sites excluding steroid dienone is 1. The smallest absolute Gasteiger partial charge is 0.407 e. The van der Waals surface area contributed by atoms with Gasteiger partial charge in [-0.1, -0.05) is 17.7 Å². The summed E-state index contributed by atoms with van der Waals surface area (Å²) in [4.78, 5) is 33.8. The van der Waals surface area contributed by atoms with Crippen molar-refractivity contribution in [3.05, 3.63) is 75.5 Å². The summed E-state index contributed by atoms with van der Waals surface area (Å²) in [5.41, 5.74) is -0.0489. The summed E-state index contributed by atoms with van der Waals surface area (Å²) in [5, 5.41) is 5.94. The number of alkyl carbamates (subject to hydrolysis) is 1. The average Bonchev–Trinajstić information content (AvgIpc) is 2.87. The fraction of sp³-hybridized carbons (Fsp3) is 0.429. The molecule has 1 fully saturated rings. The van der Waals surface area contributed by atoms with Gasteiger partial charge in [0.25, 0.3) is 0 Å². The van der Waals surface area contributed by atoms with Crippen molar-refractivity contribution < 1.29 is 32.2 Å². The average molecular weight is 579 g/mol. The highest BCUT2D eigenvalue weighted by atomic mass is 35.5. The van der Waals surface area contributed by atoms with E-state index in [1.54, 1.807) is 20.8 Å². The molecule has 8 nitrogen and oxygen atoms in total. The number of halogens is 4. The minimum absolute atomic E-state index is 0.00793. The molecule has 2 N–H and O–H groups in total. The normalized spacial score (nSPS) is 21.3. The lowest BCUT2D eigenvalue weighted by molar-refractivity contribution is -0.136. The zero-order chi connectivity index (χ0) is 29.2. The van der Waals surface area contributed by atoms with Crippen molar-refractivity contribution in [2.45, 2.75) is 64.1 Å². The third kappa shape index (κ3) is 6.75. The van der Waals surface area contributed by atoms with Crippen LogP contribution in [0.4, 0.5) is 18.0 Å². The monoisotopic (exact) mass is 578 g/mol. The van der Waals surface area contributed by atoms with Gasteiger partial charge in [0.05, 0.1) is 18.9 Å². The van der Waals surface area contributed by atoms with Crippen LogP contribution >= 0.6 is 11.6 Å². The Morgan fingerprint density at radius 2 is 1.77 bits per heavy atom. The van der Waals surface area contributed by atoms with Gasteiger partial charge in [0.1, 0.15) is 29.0 Å². The lowest BCUT2D eigenvalue weighted by atomic mass is 9.80. The maximum Gasteiger partial charge on any atom is 0.407 e. The van der Waals surface area contributed by atoms with Crippen molar-refractivity contribution in [1.82, 2.24) is 15.6 Å². The number of esters is 1. The van der Waals surface area contributed by atoms with E-state index in [4.69, 9.17) is 21.1 Å². The Kier molecular flexibility index (Phi) is 8.72. The number of pyridine rings is 1. The molecule has 4 rings (SSSR count). The minimum atomic E-state index is -1.09. The molecule has 1 saturated carbocycles. The summed E-state index contributed by atoms with van der Waals surface area (Å²) < 4.78 is 52.8. The lowest BCUT2D eigenvalue weighted by Gasteiger charge is -2.35. The number of aliphatic imine (C=N–C) groups is 1. The second-order valence-electron chi connectivity index (χ2n) is 10.7. The Morgan fingerprint density at radius 3 is 2.38 bits per heavy atom. The third-order valence-corrected chi connectivity index (χ3v) is 6.95. The zero-order valence-electron chi connectivity index (χ0n) is 22.5. The van der Waals surface area contributed by atoms with Crippen LogP contribution < -0.4 is 10.6 Å². The molecule has 1 aromatic heterocycles. The number of rotatable bonds is 5. The number of nitrogens with one attached hydrogen (secondary N) is 2. The van der Waals surface area contributed by atoms with Gasteiger partial charge < -0.3 is 20.1 Å². The van der Waals surface area contributed by atoms with E-state index in [2.05, 4.69) is 20.6 Å². The Labute approximate surface area is 235 Å². The van der Waals surface area contributed by atoms with Crippen molar-refractivity contribution >= 4 is 29.5 Å². The predicted octanol–water partition coefficient (Wildman–Crippen LogP) is 5.75. The van der Waals surface area contributed by atoms with Crippen LogP contribution in [0.1, 0.15) is 63.8 Å². The van der Waals surface area contributed by atoms with Gasteiger partial charge >= 0.3 is 12.1 Å². The molecule has 40 heavy (non-hydrogen) atoms. The molecule has 1 unspecified atom stereocenters. The highest BCUT2D eigenvalue weighted by Gasteiger charge is 2.38. The first kappa shape index (κ1) is 29.4. The van der Waals surface area contributed by atoms with Crippen molar-refractivity contribution in [1.29, 1.82) is 0 Å². The molecule has 0 radical (unpaired) electrons. The molecular formula is C28H30ClF3N4O4. The molecule has 0 bridgehead atoms. The number of methoxy groups -OCH3 is 1. The van der Waals surface area contributed by atoms with Crippen LogP contribution in [0.25, 0.3) is 0 Å². The number of benzene rings is 1. The standard InChI is InChI=1S/C28H30ClF3N4O4/c1-28(2,3)40-27(38)34-17-8-5-14(6-9-17)22-21(26(37)39-4)23(18-10-7-15(30)11-19(18)29)36-25(35-22)24-20(32)12-16(31)13-33-24/h7,10-14,17,23H,5-6,8-9H2,1-4H3,(H,34,38)(H,35,36)/t14-,17+,23?. The van der Waals surface area contributed by atoms with Crippen LogP contribution in [0.15, 0.2) is 46.7 Å². The second kappa shape index (κ2) is 11.9. The molecule has 0 spiro atoms. The van der Waals surface area contributed by atoms with E-state index in [9.17, 15) is 22.8 Å². The van der Waals surface area contributed by atoms with Crippen LogP contribution in [0.5, 0.6) is 0 Å². The van der Waals surface area contributed by atoms with E-state index >= 15 is 0 Å². The molecule has 1 aliphatic carbocycles. The lowest BCUT2D eigenvalue weighted by Crippen LogP contribution is -2.43. The van der Waals surface area contributed by atoms with E-state index in [0.717, 1.165) is 12.3 Å². The number of hydrogen-bond donors (Lipinski definition) is 2. The zero-order valence-corrected chi connectivity index (χ0v) is 23.2. The Hall–Kier alpha value is -3.60. The van der Waals surface area contributed by atoms with Crippen LogP contribution in [0.2, 0.25) is 5.02 Å². The van der Waals surface area contributed by atoms with Crippen molar-refractivity contribution in [3.8, 4) is 0 Å². The van der Waals surface area contributed by atoms with E-state index in [0.29, 0.717) is 43.0 Å². The van der Waals surface area contributed by atoms with Crippen LogP contribution in [0, 0.1) is 23.4 Å². The first-order chi connectivity index (χ1) is 18.9. The number of hydrogen-bond acceptors (Lipinski definition) is 7. The second-order valence-corrected chi connectivity index (χ2v) is 11.1. The van der Waals surface area contributed by atoms with Gasteiger partial charge in [-0.15, -0.1) is 0 Å². The topological polar surface area (TPSA) is 102 Å². The molecule has 1 atom stereocenters.